The number of amides is 2. The quantitative estimate of drug-likeness (QED) is 0.837. The number of carbonyl (C=O) groups excluding carboxylic acids is 1. The molecule has 6 heteroatoms. The van der Waals surface area contributed by atoms with Crippen molar-refractivity contribution in [2.24, 2.45) is 11.8 Å². The molecule has 0 spiro atoms. The maximum absolute atomic E-state index is 12.5. The first-order valence-electron chi connectivity index (χ1n) is 7.51. The monoisotopic (exact) mass is 298 g/mol. The Kier molecular flexibility index (Phi) is 3.84. The van der Waals surface area contributed by atoms with Crippen LogP contribution in [0.15, 0.2) is 0 Å². The Morgan fingerprint density at radius 2 is 2.00 bits per heavy atom. The van der Waals surface area contributed by atoms with E-state index in [4.69, 9.17) is 0 Å². The molecule has 2 aliphatic carbocycles. The number of aliphatic carboxylic acids is 1. The molecule has 2 N–H and O–H groups in total. The van der Waals surface area contributed by atoms with Crippen molar-refractivity contribution in [2.75, 3.05) is 5.75 Å². The normalized spacial score (nSPS) is 37.1. The van der Waals surface area contributed by atoms with E-state index in [1.54, 1.807) is 16.7 Å². The SMILES string of the molecule is CC1CCCC1NC(=O)N1C(C(=O)O)CSC1C1CC1. The van der Waals surface area contributed by atoms with Crippen LogP contribution in [0.4, 0.5) is 4.79 Å². The molecule has 3 aliphatic rings. The molecule has 112 valence electrons. The minimum Gasteiger partial charge on any atom is -0.480 e. The largest absolute Gasteiger partial charge is 0.480 e. The molecule has 0 aromatic carbocycles. The average molecular weight is 298 g/mol. The van der Waals surface area contributed by atoms with Gasteiger partial charge in [0.05, 0.1) is 5.37 Å². The van der Waals surface area contributed by atoms with Crippen molar-refractivity contribution in [3.05, 3.63) is 0 Å². The van der Waals surface area contributed by atoms with E-state index < -0.39 is 12.0 Å². The molecular weight excluding hydrogens is 276 g/mol. The molecule has 2 amide bonds. The Morgan fingerprint density at radius 1 is 1.25 bits per heavy atom. The van der Waals surface area contributed by atoms with Gasteiger partial charge in [-0.2, -0.15) is 0 Å². The summed E-state index contributed by atoms with van der Waals surface area (Å²) in [6.45, 7) is 2.16. The van der Waals surface area contributed by atoms with Gasteiger partial charge in [-0.25, -0.2) is 9.59 Å². The van der Waals surface area contributed by atoms with Gasteiger partial charge in [0.25, 0.3) is 0 Å². The number of rotatable bonds is 3. The Morgan fingerprint density at radius 3 is 2.55 bits per heavy atom. The number of thioether (sulfide) groups is 1. The summed E-state index contributed by atoms with van der Waals surface area (Å²) in [6, 6.07) is -0.622. The molecule has 4 atom stereocenters. The average Bonchev–Trinajstić information content (AvgIpc) is 3.02. The zero-order chi connectivity index (χ0) is 14.3. The van der Waals surface area contributed by atoms with Crippen molar-refractivity contribution in [3.8, 4) is 0 Å². The van der Waals surface area contributed by atoms with Crippen molar-refractivity contribution in [1.82, 2.24) is 10.2 Å². The Bertz CT molecular complexity index is 413. The molecule has 3 rings (SSSR count). The summed E-state index contributed by atoms with van der Waals surface area (Å²) in [5.74, 6) is 0.632. The third kappa shape index (κ3) is 2.62. The van der Waals surface area contributed by atoms with Gasteiger partial charge in [-0.05, 0) is 37.5 Å². The van der Waals surface area contributed by atoms with Crippen LogP contribution in [0.2, 0.25) is 0 Å². The summed E-state index contributed by atoms with van der Waals surface area (Å²) in [7, 11) is 0. The zero-order valence-corrected chi connectivity index (χ0v) is 12.6. The zero-order valence-electron chi connectivity index (χ0n) is 11.7. The molecule has 5 nitrogen and oxygen atoms in total. The van der Waals surface area contributed by atoms with Crippen molar-refractivity contribution >= 4 is 23.8 Å². The van der Waals surface area contributed by atoms with Crippen LogP contribution in [0.5, 0.6) is 0 Å². The highest BCUT2D eigenvalue weighted by atomic mass is 32.2. The molecular formula is C14H22N2O3S. The van der Waals surface area contributed by atoms with Gasteiger partial charge < -0.3 is 10.4 Å². The number of carbonyl (C=O) groups is 2. The van der Waals surface area contributed by atoms with E-state index in [1.807, 2.05) is 0 Å². The van der Waals surface area contributed by atoms with E-state index in [0.717, 1.165) is 32.1 Å². The maximum Gasteiger partial charge on any atom is 0.327 e. The van der Waals surface area contributed by atoms with Crippen LogP contribution < -0.4 is 5.32 Å². The second kappa shape index (κ2) is 5.47. The van der Waals surface area contributed by atoms with Crippen LogP contribution in [-0.2, 0) is 4.79 Å². The fourth-order valence-electron chi connectivity index (χ4n) is 3.31. The molecule has 0 radical (unpaired) electrons. The third-order valence-electron chi connectivity index (χ3n) is 4.75. The van der Waals surface area contributed by atoms with E-state index in [-0.39, 0.29) is 17.4 Å². The first kappa shape index (κ1) is 14.0. The molecule has 1 saturated heterocycles. The van der Waals surface area contributed by atoms with Crippen LogP contribution in [0.1, 0.15) is 39.0 Å². The summed E-state index contributed by atoms with van der Waals surface area (Å²) in [4.78, 5) is 25.5. The van der Waals surface area contributed by atoms with E-state index in [9.17, 15) is 14.7 Å². The highest BCUT2D eigenvalue weighted by Gasteiger charge is 2.48. The van der Waals surface area contributed by atoms with E-state index in [0.29, 0.717) is 17.6 Å². The number of hydrogen-bond acceptors (Lipinski definition) is 3. The first-order valence-corrected chi connectivity index (χ1v) is 8.56. The first-order chi connectivity index (χ1) is 9.58. The molecule has 3 fully saturated rings. The van der Waals surface area contributed by atoms with Crippen LogP contribution in [0.25, 0.3) is 0 Å². The summed E-state index contributed by atoms with van der Waals surface area (Å²) >= 11 is 1.63. The lowest BCUT2D eigenvalue weighted by atomic mass is 10.1. The lowest BCUT2D eigenvalue weighted by molar-refractivity contribution is -0.141. The van der Waals surface area contributed by atoms with E-state index in [1.165, 1.54) is 0 Å². The number of nitrogens with zero attached hydrogens (tertiary/aromatic N) is 1. The predicted molar refractivity (Wildman–Crippen MR) is 77.6 cm³/mol. The smallest absolute Gasteiger partial charge is 0.327 e. The molecule has 0 aromatic heterocycles. The van der Waals surface area contributed by atoms with Crippen LogP contribution >= 0.6 is 11.8 Å². The highest BCUT2D eigenvalue weighted by molar-refractivity contribution is 8.00. The van der Waals surface area contributed by atoms with Crippen molar-refractivity contribution in [2.45, 2.75) is 56.5 Å². The minimum absolute atomic E-state index is 0.0628. The van der Waals surface area contributed by atoms with Crippen molar-refractivity contribution in [1.29, 1.82) is 0 Å². The van der Waals surface area contributed by atoms with Gasteiger partial charge in [0.2, 0.25) is 0 Å². The fourth-order valence-corrected chi connectivity index (χ4v) is 4.94. The summed E-state index contributed by atoms with van der Waals surface area (Å²) in [5.41, 5.74) is 0. The molecule has 1 heterocycles. The molecule has 2 saturated carbocycles. The van der Waals surface area contributed by atoms with Gasteiger partial charge in [-0.3, -0.25) is 4.90 Å². The molecule has 20 heavy (non-hydrogen) atoms. The van der Waals surface area contributed by atoms with E-state index >= 15 is 0 Å². The number of hydrogen-bond donors (Lipinski definition) is 2. The van der Waals surface area contributed by atoms with Crippen LogP contribution in [-0.4, -0.2) is 45.2 Å². The van der Waals surface area contributed by atoms with Gasteiger partial charge in [0.1, 0.15) is 6.04 Å². The third-order valence-corrected chi connectivity index (χ3v) is 6.21. The van der Waals surface area contributed by atoms with Crippen LogP contribution in [0, 0.1) is 11.8 Å². The van der Waals surface area contributed by atoms with Gasteiger partial charge in [-0.15, -0.1) is 11.8 Å². The fraction of sp³-hybridized carbons (Fsp3) is 0.857. The maximum atomic E-state index is 12.5. The Balaban J connectivity index is 1.70. The molecule has 0 aromatic rings. The molecule has 0 bridgehead atoms. The molecule has 4 unspecified atom stereocenters. The number of urea groups is 1. The van der Waals surface area contributed by atoms with Gasteiger partial charge in [0.15, 0.2) is 0 Å². The number of carboxylic acids is 1. The van der Waals surface area contributed by atoms with Crippen molar-refractivity contribution in [3.63, 3.8) is 0 Å². The topological polar surface area (TPSA) is 69.6 Å². The molecule has 1 aliphatic heterocycles. The minimum atomic E-state index is -0.879. The van der Waals surface area contributed by atoms with E-state index in [2.05, 4.69) is 12.2 Å². The highest BCUT2D eigenvalue weighted by Crippen LogP contribution is 2.45. The summed E-state index contributed by atoms with van der Waals surface area (Å²) in [6.07, 6.45) is 5.55. The van der Waals surface area contributed by atoms with Crippen LogP contribution in [0.3, 0.4) is 0 Å². The Labute approximate surface area is 123 Å². The summed E-state index contributed by atoms with van der Waals surface area (Å²) < 4.78 is 0. The number of nitrogens with one attached hydrogen (secondary N) is 1. The van der Waals surface area contributed by atoms with Gasteiger partial charge in [0, 0.05) is 11.8 Å². The second-order valence-corrected chi connectivity index (χ2v) is 7.44. The Hall–Kier alpha value is -0.910. The second-order valence-electron chi connectivity index (χ2n) is 6.29. The van der Waals surface area contributed by atoms with Gasteiger partial charge in [-0.1, -0.05) is 13.3 Å². The number of carboxylic acid groups (broad SMARTS) is 1. The lowest BCUT2D eigenvalue weighted by Crippen LogP contribution is -2.53. The standard InChI is InChI=1S/C14H22N2O3S/c1-8-3-2-4-10(8)15-14(19)16-11(13(17)18)7-20-12(16)9-5-6-9/h8-12H,2-7H2,1H3,(H,15,19)(H,17,18). The summed E-state index contributed by atoms with van der Waals surface area (Å²) in [5, 5.41) is 12.5. The predicted octanol–water partition coefficient (Wildman–Crippen LogP) is 2.12. The van der Waals surface area contributed by atoms with Crippen molar-refractivity contribution < 1.29 is 14.7 Å². The van der Waals surface area contributed by atoms with Gasteiger partial charge >= 0.3 is 12.0 Å². The lowest BCUT2D eigenvalue weighted by Gasteiger charge is -2.30.